The van der Waals surface area contributed by atoms with Gasteiger partial charge in [-0.3, -0.25) is 4.79 Å². The van der Waals surface area contributed by atoms with E-state index in [1.54, 1.807) is 53.9 Å². The van der Waals surface area contributed by atoms with E-state index in [2.05, 4.69) is 10.3 Å². The van der Waals surface area contributed by atoms with Crippen LogP contribution >= 0.6 is 11.3 Å². The number of sulfonamides is 2. The summed E-state index contributed by atoms with van der Waals surface area (Å²) in [6, 6.07) is 26.5. The predicted molar refractivity (Wildman–Crippen MR) is 186 cm³/mol. The molecule has 0 aliphatic heterocycles. The Bertz CT molecular complexity index is 2350. The number of hydrogen-bond acceptors (Lipinski definition) is 8. The molecule has 1 N–H and O–H groups in total. The highest BCUT2D eigenvalue weighted by Gasteiger charge is 2.39. The third-order valence-electron chi connectivity index (χ3n) is 7.59. The van der Waals surface area contributed by atoms with E-state index < -0.39 is 20.0 Å². The number of carbonyl (C=O) groups is 1. The number of thiazole rings is 1. The number of carbonyl (C=O) groups excluding carboxylic acids is 1. The second-order valence-corrected chi connectivity index (χ2v) is 15.5. The van der Waals surface area contributed by atoms with Crippen molar-refractivity contribution in [2.24, 2.45) is 0 Å². The van der Waals surface area contributed by atoms with Crippen molar-refractivity contribution in [3.8, 4) is 11.3 Å². The number of hydrogen-bond donors (Lipinski definition) is 1. The Morgan fingerprint density at radius 3 is 1.87 bits per heavy atom. The van der Waals surface area contributed by atoms with Crippen LogP contribution in [0.1, 0.15) is 12.5 Å². The molecule has 1 heterocycles. The topological polar surface area (TPSA) is 117 Å². The third-order valence-corrected chi connectivity index (χ3v) is 12.6. The Morgan fingerprint density at radius 1 is 0.717 bits per heavy atom. The highest BCUT2D eigenvalue weighted by molar-refractivity contribution is 8.10. The van der Waals surface area contributed by atoms with Crippen LogP contribution in [0.5, 0.6) is 0 Å². The van der Waals surface area contributed by atoms with Gasteiger partial charge in [-0.05, 0) is 48.2 Å². The zero-order valence-corrected chi connectivity index (χ0v) is 27.9. The maximum Gasteiger partial charge on any atom is 0.278 e. The summed E-state index contributed by atoms with van der Waals surface area (Å²) in [7, 11) is -5.72. The molecule has 12 heteroatoms. The fraction of sp³-hybridized carbons (Fsp3) is 0.118. The normalized spacial score (nSPS) is 11.9. The Hall–Kier alpha value is -4.78. The molecule has 0 saturated carbocycles. The summed E-state index contributed by atoms with van der Waals surface area (Å²) in [5, 5.41) is 6.99. The molecule has 6 rings (SSSR count). The van der Waals surface area contributed by atoms with Gasteiger partial charge in [0.2, 0.25) is 5.91 Å². The van der Waals surface area contributed by atoms with Gasteiger partial charge in [-0.2, -0.15) is 20.5 Å². The summed E-state index contributed by atoms with van der Waals surface area (Å²) >= 11 is 1.24. The molecule has 0 fully saturated rings. The lowest BCUT2D eigenvalue weighted by Crippen LogP contribution is -2.37. The molecule has 234 valence electrons. The molecule has 5 aromatic carbocycles. The smallest absolute Gasteiger partial charge is 0.278 e. The van der Waals surface area contributed by atoms with Crippen molar-refractivity contribution in [2.45, 2.75) is 23.6 Å². The van der Waals surface area contributed by atoms with Crippen LogP contribution in [0.15, 0.2) is 112 Å². The van der Waals surface area contributed by atoms with Crippen molar-refractivity contribution in [3.63, 3.8) is 0 Å². The van der Waals surface area contributed by atoms with Gasteiger partial charge in [0.15, 0.2) is 5.13 Å². The van der Waals surface area contributed by atoms with Crippen LogP contribution in [0.4, 0.5) is 16.5 Å². The van der Waals surface area contributed by atoms with E-state index in [9.17, 15) is 21.6 Å². The number of aromatic nitrogens is 1. The molecule has 0 aliphatic rings. The summed E-state index contributed by atoms with van der Waals surface area (Å²) in [6.45, 7) is 3.26. The quantitative estimate of drug-likeness (QED) is 0.185. The second-order valence-electron chi connectivity index (χ2n) is 10.9. The molecule has 1 aromatic heterocycles. The van der Waals surface area contributed by atoms with Gasteiger partial charge in [0.1, 0.15) is 0 Å². The van der Waals surface area contributed by atoms with E-state index in [4.69, 9.17) is 0 Å². The van der Waals surface area contributed by atoms with Crippen LogP contribution in [0.25, 0.3) is 32.8 Å². The molecule has 0 unspecified atom stereocenters. The Morgan fingerprint density at radius 2 is 1.26 bits per heavy atom. The lowest BCUT2D eigenvalue weighted by atomic mass is 10.1. The number of aryl methyl sites for hydroxylation is 1. The van der Waals surface area contributed by atoms with E-state index in [0.29, 0.717) is 41.6 Å². The standard InChI is InChI=1S/C34H30N4O5S3/c1-22-9-5-12-28-26(22)10-7-15-32(28)45(40,41)38(25-19-17-24(18-20-25)30-21-44-34(36-30)35-23(2)39)46(42,43)33-16-8-11-27-29(33)13-6-14-31(27)37(3)4/h5-21H,1-4H3,(H,35,36,39). The summed E-state index contributed by atoms with van der Waals surface area (Å²) in [5.74, 6) is -0.253. The van der Waals surface area contributed by atoms with Crippen LogP contribution in [-0.4, -0.2) is 41.8 Å². The van der Waals surface area contributed by atoms with Crippen LogP contribution in [-0.2, 0) is 24.8 Å². The van der Waals surface area contributed by atoms with Crippen LogP contribution in [0.3, 0.4) is 0 Å². The van der Waals surface area contributed by atoms with E-state index >= 15 is 0 Å². The average molecular weight is 671 g/mol. The van der Waals surface area contributed by atoms with Crippen LogP contribution < -0.4 is 13.9 Å². The van der Waals surface area contributed by atoms with Gasteiger partial charge in [0.05, 0.1) is 21.2 Å². The first-order valence-corrected chi connectivity index (χ1v) is 18.0. The molecular formula is C34H30N4O5S3. The molecule has 0 atom stereocenters. The molecular weight excluding hydrogens is 641 g/mol. The monoisotopic (exact) mass is 670 g/mol. The molecule has 46 heavy (non-hydrogen) atoms. The molecule has 0 bridgehead atoms. The number of nitrogens with zero attached hydrogens (tertiary/aromatic N) is 3. The molecule has 1 amide bonds. The molecule has 9 nitrogen and oxygen atoms in total. The first-order chi connectivity index (χ1) is 21.9. The van der Waals surface area contributed by atoms with E-state index in [1.165, 1.54) is 42.5 Å². The van der Waals surface area contributed by atoms with E-state index in [-0.39, 0.29) is 21.4 Å². The SMILES string of the molecule is CC(=O)Nc1nc(-c2ccc(N(S(=O)(=O)c3cccc4c(C)cccc34)S(=O)(=O)c3cccc4c(N(C)C)cccc34)cc2)cs1. The molecule has 0 radical (unpaired) electrons. The first kappa shape index (κ1) is 31.2. The maximum atomic E-state index is 14.8. The van der Waals surface area contributed by atoms with Crippen LogP contribution in [0.2, 0.25) is 0 Å². The first-order valence-electron chi connectivity index (χ1n) is 14.2. The number of fused-ring (bicyclic) bond motifs is 2. The fourth-order valence-corrected chi connectivity index (χ4v) is 10.3. The van der Waals surface area contributed by atoms with Gasteiger partial charge < -0.3 is 10.2 Å². The minimum atomic E-state index is -4.73. The Balaban J connectivity index is 1.57. The van der Waals surface area contributed by atoms with Crippen LogP contribution in [0, 0.1) is 6.92 Å². The summed E-state index contributed by atoms with van der Waals surface area (Å²) in [6.07, 6.45) is 0. The summed E-state index contributed by atoms with van der Waals surface area (Å²) in [4.78, 5) is 17.5. The molecule has 0 saturated heterocycles. The van der Waals surface area contributed by atoms with Crippen molar-refractivity contribution in [3.05, 3.63) is 108 Å². The highest BCUT2D eigenvalue weighted by atomic mass is 32.3. The lowest BCUT2D eigenvalue weighted by Gasteiger charge is -2.26. The second kappa shape index (κ2) is 11.9. The largest absolute Gasteiger partial charge is 0.377 e. The van der Waals surface area contributed by atoms with Crippen molar-refractivity contribution in [1.82, 2.24) is 4.98 Å². The number of benzene rings is 5. The fourth-order valence-electron chi connectivity index (χ4n) is 5.50. The highest BCUT2D eigenvalue weighted by Crippen LogP contribution is 2.38. The van der Waals surface area contributed by atoms with E-state index in [0.717, 1.165) is 11.3 Å². The lowest BCUT2D eigenvalue weighted by molar-refractivity contribution is -0.114. The van der Waals surface area contributed by atoms with Gasteiger partial charge in [-0.15, -0.1) is 11.3 Å². The maximum absolute atomic E-state index is 14.8. The van der Waals surface area contributed by atoms with Crippen molar-refractivity contribution < 1.29 is 21.6 Å². The zero-order chi connectivity index (χ0) is 32.8. The van der Waals surface area contributed by atoms with Gasteiger partial charge in [-0.25, -0.2) is 4.98 Å². The summed E-state index contributed by atoms with van der Waals surface area (Å²) < 4.78 is 59.6. The zero-order valence-electron chi connectivity index (χ0n) is 25.4. The molecule has 0 spiro atoms. The third kappa shape index (κ3) is 5.48. The summed E-state index contributed by atoms with van der Waals surface area (Å²) in [5.41, 5.74) is 2.76. The van der Waals surface area contributed by atoms with Gasteiger partial charge in [0, 0.05) is 53.8 Å². The number of amides is 1. The predicted octanol–water partition coefficient (Wildman–Crippen LogP) is 7.03. The van der Waals surface area contributed by atoms with Crippen molar-refractivity contribution in [2.75, 3.05) is 28.0 Å². The number of nitrogens with one attached hydrogen (secondary N) is 1. The van der Waals surface area contributed by atoms with Gasteiger partial charge in [-0.1, -0.05) is 66.7 Å². The number of rotatable bonds is 8. The molecule has 6 aromatic rings. The minimum Gasteiger partial charge on any atom is -0.377 e. The Labute approximate surface area is 271 Å². The Kier molecular flexibility index (Phi) is 8.05. The number of anilines is 3. The van der Waals surface area contributed by atoms with Crippen molar-refractivity contribution >= 4 is 75.3 Å². The van der Waals surface area contributed by atoms with E-state index in [1.807, 2.05) is 50.2 Å². The molecule has 0 aliphatic carbocycles. The van der Waals surface area contributed by atoms with Gasteiger partial charge in [0.25, 0.3) is 20.0 Å². The average Bonchev–Trinajstić information content (AvgIpc) is 3.48. The minimum absolute atomic E-state index is 0.0634. The van der Waals surface area contributed by atoms with Gasteiger partial charge >= 0.3 is 0 Å². The van der Waals surface area contributed by atoms with Crippen molar-refractivity contribution in [1.29, 1.82) is 0 Å².